The summed E-state index contributed by atoms with van der Waals surface area (Å²) in [6.45, 7) is 5.72. The summed E-state index contributed by atoms with van der Waals surface area (Å²) >= 11 is 12.6. The molecule has 1 aliphatic heterocycles. The van der Waals surface area contributed by atoms with E-state index in [2.05, 4.69) is 28.4 Å². The van der Waals surface area contributed by atoms with Crippen molar-refractivity contribution in [3.05, 3.63) is 81.8 Å². The largest absolute Gasteiger partial charge is 0.490 e. The summed E-state index contributed by atoms with van der Waals surface area (Å²) in [5, 5.41) is 4.98. The molecular formula is C27H30Cl2N2O2. The number of benzene rings is 3. The highest BCUT2D eigenvalue weighted by Crippen LogP contribution is 2.34. The van der Waals surface area contributed by atoms with E-state index >= 15 is 0 Å². The molecule has 174 valence electrons. The lowest BCUT2D eigenvalue weighted by Gasteiger charge is -2.29. The minimum absolute atomic E-state index is 0.435. The molecule has 1 saturated heterocycles. The van der Waals surface area contributed by atoms with Gasteiger partial charge >= 0.3 is 0 Å². The molecule has 0 bridgehead atoms. The third kappa shape index (κ3) is 6.27. The Morgan fingerprint density at radius 2 is 1.70 bits per heavy atom. The second-order valence-electron chi connectivity index (χ2n) is 8.16. The third-order valence-corrected chi connectivity index (χ3v) is 6.34. The summed E-state index contributed by atoms with van der Waals surface area (Å²) in [6.07, 6.45) is 3.76. The highest BCUT2D eigenvalue weighted by molar-refractivity contribution is 6.33. The van der Waals surface area contributed by atoms with Gasteiger partial charge in [-0.1, -0.05) is 47.5 Å². The maximum Gasteiger partial charge on any atom is 0.166 e. The highest BCUT2D eigenvalue weighted by atomic mass is 35.5. The van der Waals surface area contributed by atoms with Gasteiger partial charge in [0.25, 0.3) is 0 Å². The SMILES string of the molecule is CCOc1cccc(CNc2ccc(N3CCCCC3)c(Cl)c2)c1OCc1ccc(Cl)cc1. The first kappa shape index (κ1) is 23.6. The Morgan fingerprint density at radius 1 is 0.909 bits per heavy atom. The Balaban J connectivity index is 1.47. The molecule has 0 amide bonds. The minimum atomic E-state index is 0.435. The van der Waals surface area contributed by atoms with Crippen LogP contribution in [0.2, 0.25) is 10.0 Å². The molecule has 0 atom stereocenters. The van der Waals surface area contributed by atoms with Gasteiger partial charge in [0.05, 0.1) is 17.3 Å². The van der Waals surface area contributed by atoms with Crippen molar-refractivity contribution in [2.75, 3.05) is 29.9 Å². The molecule has 0 spiro atoms. The van der Waals surface area contributed by atoms with E-state index in [1.165, 1.54) is 19.3 Å². The number of ether oxygens (including phenoxy) is 2. The van der Waals surface area contributed by atoms with Crippen LogP contribution in [0, 0.1) is 0 Å². The number of nitrogens with one attached hydrogen (secondary N) is 1. The van der Waals surface area contributed by atoms with Gasteiger partial charge in [-0.15, -0.1) is 0 Å². The van der Waals surface area contributed by atoms with Crippen LogP contribution in [-0.2, 0) is 13.2 Å². The van der Waals surface area contributed by atoms with Gasteiger partial charge in [-0.25, -0.2) is 0 Å². The van der Waals surface area contributed by atoms with Gasteiger partial charge in [-0.3, -0.25) is 0 Å². The van der Waals surface area contributed by atoms with E-state index in [-0.39, 0.29) is 0 Å². The van der Waals surface area contributed by atoms with Crippen molar-refractivity contribution in [2.24, 2.45) is 0 Å². The molecule has 0 radical (unpaired) electrons. The summed E-state index contributed by atoms with van der Waals surface area (Å²) in [4.78, 5) is 2.38. The summed E-state index contributed by atoms with van der Waals surface area (Å²) in [6, 6.07) is 19.9. The molecular weight excluding hydrogens is 455 g/mol. The fraction of sp³-hybridized carbons (Fsp3) is 0.333. The molecule has 1 heterocycles. The number of hydrogen-bond donors (Lipinski definition) is 1. The molecule has 0 unspecified atom stereocenters. The molecule has 6 heteroatoms. The topological polar surface area (TPSA) is 33.7 Å². The number of rotatable bonds is 9. The van der Waals surface area contributed by atoms with Gasteiger partial charge in [0.2, 0.25) is 0 Å². The average molecular weight is 485 g/mol. The van der Waals surface area contributed by atoms with Gasteiger partial charge in [0.15, 0.2) is 11.5 Å². The van der Waals surface area contributed by atoms with Crippen LogP contribution >= 0.6 is 23.2 Å². The molecule has 33 heavy (non-hydrogen) atoms. The van der Waals surface area contributed by atoms with Gasteiger partial charge < -0.3 is 19.7 Å². The summed E-state index contributed by atoms with van der Waals surface area (Å²) in [5.74, 6) is 1.49. The van der Waals surface area contributed by atoms with Crippen LogP contribution in [0.15, 0.2) is 60.7 Å². The molecule has 0 saturated carbocycles. The predicted octanol–water partition coefficient (Wildman–Crippen LogP) is 7.57. The monoisotopic (exact) mass is 484 g/mol. The van der Waals surface area contributed by atoms with Crippen molar-refractivity contribution in [3.63, 3.8) is 0 Å². The Bertz CT molecular complexity index is 1050. The van der Waals surface area contributed by atoms with E-state index in [9.17, 15) is 0 Å². The number of nitrogens with zero attached hydrogens (tertiary/aromatic N) is 1. The zero-order valence-electron chi connectivity index (χ0n) is 18.9. The lowest BCUT2D eigenvalue weighted by Crippen LogP contribution is -2.29. The molecule has 4 nitrogen and oxygen atoms in total. The average Bonchev–Trinajstić information content (AvgIpc) is 2.84. The molecule has 0 aromatic heterocycles. The van der Waals surface area contributed by atoms with E-state index < -0.39 is 0 Å². The Hall–Kier alpha value is -2.56. The van der Waals surface area contributed by atoms with Crippen molar-refractivity contribution < 1.29 is 9.47 Å². The fourth-order valence-electron chi connectivity index (χ4n) is 4.08. The normalized spacial score (nSPS) is 13.6. The number of piperidine rings is 1. The van der Waals surface area contributed by atoms with Crippen LogP contribution in [0.25, 0.3) is 0 Å². The second-order valence-corrected chi connectivity index (χ2v) is 9.00. The smallest absolute Gasteiger partial charge is 0.166 e. The first-order valence-electron chi connectivity index (χ1n) is 11.5. The molecule has 4 rings (SSSR count). The molecule has 1 fully saturated rings. The molecule has 1 N–H and O–H groups in total. The summed E-state index contributed by atoms with van der Waals surface area (Å²) in [7, 11) is 0. The van der Waals surface area contributed by atoms with Crippen molar-refractivity contribution in [3.8, 4) is 11.5 Å². The Kier molecular flexibility index (Phi) is 8.25. The maximum atomic E-state index is 6.64. The number of anilines is 2. The zero-order chi connectivity index (χ0) is 23.0. The van der Waals surface area contributed by atoms with Gasteiger partial charge in [-0.05, 0) is 68.1 Å². The minimum Gasteiger partial charge on any atom is -0.490 e. The van der Waals surface area contributed by atoms with Gasteiger partial charge in [0.1, 0.15) is 6.61 Å². The first-order valence-corrected chi connectivity index (χ1v) is 12.3. The van der Waals surface area contributed by atoms with Crippen LogP contribution in [-0.4, -0.2) is 19.7 Å². The van der Waals surface area contributed by atoms with Crippen LogP contribution in [0.4, 0.5) is 11.4 Å². The number of para-hydroxylation sites is 1. The number of halogens is 2. The van der Waals surface area contributed by atoms with Gasteiger partial charge in [-0.2, -0.15) is 0 Å². The predicted molar refractivity (Wildman–Crippen MR) is 138 cm³/mol. The van der Waals surface area contributed by atoms with Crippen molar-refractivity contribution >= 4 is 34.6 Å². The van der Waals surface area contributed by atoms with E-state index in [1.54, 1.807) is 0 Å². The third-order valence-electron chi connectivity index (χ3n) is 5.78. The van der Waals surface area contributed by atoms with E-state index in [0.29, 0.717) is 24.8 Å². The second kappa shape index (κ2) is 11.5. The van der Waals surface area contributed by atoms with Gasteiger partial charge in [0, 0.05) is 35.9 Å². The van der Waals surface area contributed by atoms with Crippen LogP contribution in [0.1, 0.15) is 37.3 Å². The summed E-state index contributed by atoms with van der Waals surface area (Å²) < 4.78 is 12.1. The lowest BCUT2D eigenvalue weighted by molar-refractivity contribution is 0.267. The molecule has 1 aliphatic rings. The first-order chi connectivity index (χ1) is 16.1. The standard InChI is InChI=1S/C27H30Cl2N2O2/c1-2-32-26-8-6-7-21(27(26)33-19-20-9-11-22(28)12-10-20)18-30-23-13-14-25(24(29)17-23)31-15-4-3-5-16-31/h6-14,17,30H,2-5,15-16,18-19H2,1H3. The maximum absolute atomic E-state index is 6.64. The van der Waals surface area contributed by atoms with E-state index in [4.69, 9.17) is 32.7 Å². The lowest BCUT2D eigenvalue weighted by atomic mass is 10.1. The highest BCUT2D eigenvalue weighted by Gasteiger charge is 2.15. The number of hydrogen-bond acceptors (Lipinski definition) is 4. The fourth-order valence-corrected chi connectivity index (χ4v) is 4.50. The molecule has 3 aromatic rings. The molecule has 3 aromatic carbocycles. The van der Waals surface area contributed by atoms with Crippen molar-refractivity contribution in [1.29, 1.82) is 0 Å². The summed E-state index contributed by atoms with van der Waals surface area (Å²) in [5.41, 5.74) is 4.16. The van der Waals surface area contributed by atoms with Crippen LogP contribution in [0.5, 0.6) is 11.5 Å². The molecule has 0 aliphatic carbocycles. The van der Waals surface area contributed by atoms with Crippen molar-refractivity contribution in [1.82, 2.24) is 0 Å². The van der Waals surface area contributed by atoms with E-state index in [0.717, 1.165) is 52.1 Å². The van der Waals surface area contributed by atoms with Crippen LogP contribution < -0.4 is 19.7 Å². The van der Waals surface area contributed by atoms with Crippen LogP contribution in [0.3, 0.4) is 0 Å². The quantitative estimate of drug-likeness (QED) is 0.339. The zero-order valence-corrected chi connectivity index (χ0v) is 20.5. The van der Waals surface area contributed by atoms with Crippen molar-refractivity contribution in [2.45, 2.75) is 39.3 Å². The Labute approximate surface area is 206 Å². The Morgan fingerprint density at radius 3 is 2.42 bits per heavy atom. The van der Waals surface area contributed by atoms with E-state index in [1.807, 2.05) is 49.4 Å².